The zero-order chi connectivity index (χ0) is 36.2. The molecule has 3 aliphatic rings. The first kappa shape index (κ1) is 32.9. The highest BCUT2D eigenvalue weighted by Gasteiger charge is 2.45. The first-order valence-electron chi connectivity index (χ1n) is 18.9. The van der Waals surface area contributed by atoms with Crippen LogP contribution in [-0.2, 0) is 10.8 Å². The lowest BCUT2D eigenvalue weighted by molar-refractivity contribution is 0.644. The molecule has 6 aromatic carbocycles. The average Bonchev–Trinajstić information content (AvgIpc) is 3.78. The van der Waals surface area contributed by atoms with Gasteiger partial charge in [0.2, 0.25) is 11.4 Å². The first-order valence-corrected chi connectivity index (χ1v) is 18.9. The van der Waals surface area contributed by atoms with Crippen LogP contribution in [0, 0.1) is 0 Å². The Kier molecular flexibility index (Phi) is 8.00. The smallest absolute Gasteiger partial charge is 0.215 e. The minimum absolute atomic E-state index is 0.158. The highest BCUT2D eigenvalue weighted by molar-refractivity contribution is 6.11. The van der Waals surface area contributed by atoms with Gasteiger partial charge in [-0.05, 0) is 89.6 Å². The van der Waals surface area contributed by atoms with Crippen LogP contribution in [0.15, 0.2) is 193 Å². The van der Waals surface area contributed by atoms with Gasteiger partial charge in [0.15, 0.2) is 5.71 Å². The van der Waals surface area contributed by atoms with Gasteiger partial charge < -0.3 is 4.90 Å². The molecule has 0 saturated heterocycles. The summed E-state index contributed by atoms with van der Waals surface area (Å²) in [6.07, 6.45) is 11.6. The van der Waals surface area contributed by atoms with Crippen molar-refractivity contribution in [2.45, 2.75) is 51.4 Å². The summed E-state index contributed by atoms with van der Waals surface area (Å²) in [5.41, 5.74) is 15.3. The van der Waals surface area contributed by atoms with Gasteiger partial charge in [-0.25, -0.2) is 0 Å². The van der Waals surface area contributed by atoms with E-state index < -0.39 is 0 Å². The fourth-order valence-electron chi connectivity index (χ4n) is 8.97. The lowest BCUT2D eigenvalue weighted by Gasteiger charge is -2.27. The minimum atomic E-state index is -0.158. The van der Waals surface area contributed by atoms with Crippen LogP contribution in [0.4, 0.5) is 22.7 Å². The van der Waals surface area contributed by atoms with E-state index in [1.807, 2.05) is 0 Å². The molecule has 258 valence electrons. The van der Waals surface area contributed by atoms with Gasteiger partial charge in [0.05, 0.1) is 5.41 Å². The Morgan fingerprint density at radius 2 is 1.23 bits per heavy atom. The molecular formula is C51H45N2+. The monoisotopic (exact) mass is 685 g/mol. The molecule has 0 bridgehead atoms. The zero-order valence-electron chi connectivity index (χ0n) is 31.1. The maximum Gasteiger partial charge on any atom is 0.215 e. The second kappa shape index (κ2) is 12.9. The van der Waals surface area contributed by atoms with E-state index in [9.17, 15) is 0 Å². The van der Waals surface area contributed by atoms with Crippen LogP contribution >= 0.6 is 0 Å². The third kappa shape index (κ3) is 5.44. The van der Waals surface area contributed by atoms with Crippen LogP contribution in [0.3, 0.4) is 0 Å². The molecule has 0 aromatic heterocycles. The predicted octanol–water partition coefficient (Wildman–Crippen LogP) is 13.2. The number of allylic oxidation sites excluding steroid dienone is 8. The van der Waals surface area contributed by atoms with Gasteiger partial charge in [-0.2, -0.15) is 4.58 Å². The van der Waals surface area contributed by atoms with Crippen molar-refractivity contribution in [1.29, 1.82) is 0 Å². The summed E-state index contributed by atoms with van der Waals surface area (Å²) in [6.45, 7) is 9.45. The fourth-order valence-corrected chi connectivity index (χ4v) is 8.97. The molecule has 2 nitrogen and oxygen atoms in total. The Labute approximate surface area is 314 Å². The van der Waals surface area contributed by atoms with Gasteiger partial charge in [-0.1, -0.05) is 141 Å². The lowest BCUT2D eigenvalue weighted by atomic mass is 9.81. The van der Waals surface area contributed by atoms with Gasteiger partial charge in [0, 0.05) is 52.3 Å². The molecule has 2 heterocycles. The van der Waals surface area contributed by atoms with Crippen molar-refractivity contribution in [3.63, 3.8) is 0 Å². The molecule has 1 aliphatic carbocycles. The van der Waals surface area contributed by atoms with E-state index in [-0.39, 0.29) is 10.8 Å². The second-order valence-electron chi connectivity index (χ2n) is 15.5. The largest absolute Gasteiger partial charge is 0.313 e. The van der Waals surface area contributed by atoms with Crippen molar-refractivity contribution in [2.24, 2.45) is 0 Å². The zero-order valence-corrected chi connectivity index (χ0v) is 31.1. The summed E-state index contributed by atoms with van der Waals surface area (Å²) in [5, 5.41) is 2.56. The van der Waals surface area contributed by atoms with Crippen LogP contribution in [0.2, 0.25) is 0 Å². The lowest BCUT2D eigenvalue weighted by Crippen LogP contribution is -2.27. The number of hydrogen-bond acceptors (Lipinski definition) is 1. The number of benzene rings is 6. The van der Waals surface area contributed by atoms with E-state index >= 15 is 0 Å². The molecule has 0 unspecified atom stereocenters. The molecule has 0 saturated carbocycles. The quantitative estimate of drug-likeness (QED) is 0.158. The van der Waals surface area contributed by atoms with Gasteiger partial charge in [-0.15, -0.1) is 0 Å². The Morgan fingerprint density at radius 1 is 0.566 bits per heavy atom. The molecule has 2 aliphatic heterocycles. The maximum atomic E-state index is 2.46. The van der Waals surface area contributed by atoms with Crippen LogP contribution < -0.4 is 9.48 Å². The van der Waals surface area contributed by atoms with Gasteiger partial charge in [0.1, 0.15) is 0 Å². The van der Waals surface area contributed by atoms with Crippen LogP contribution in [0.25, 0.3) is 16.3 Å². The Hall–Kier alpha value is -5.99. The van der Waals surface area contributed by atoms with E-state index in [1.54, 1.807) is 0 Å². The van der Waals surface area contributed by atoms with Gasteiger partial charge in [-0.3, -0.25) is 0 Å². The Balaban J connectivity index is 1.22. The molecule has 53 heavy (non-hydrogen) atoms. The first-order chi connectivity index (χ1) is 25.8. The molecule has 0 amide bonds. The van der Waals surface area contributed by atoms with Crippen LogP contribution in [0.1, 0.15) is 57.2 Å². The van der Waals surface area contributed by atoms with Crippen molar-refractivity contribution in [3.8, 4) is 0 Å². The molecule has 0 radical (unpaired) electrons. The molecule has 0 spiro atoms. The summed E-state index contributed by atoms with van der Waals surface area (Å²) in [7, 11) is 0. The van der Waals surface area contributed by atoms with Gasteiger partial charge >= 0.3 is 0 Å². The van der Waals surface area contributed by atoms with Crippen molar-refractivity contribution < 1.29 is 0 Å². The van der Waals surface area contributed by atoms with Crippen LogP contribution in [0.5, 0.6) is 0 Å². The molecular weight excluding hydrogens is 641 g/mol. The average molecular weight is 686 g/mol. The van der Waals surface area contributed by atoms with Crippen molar-refractivity contribution >= 4 is 44.8 Å². The molecule has 0 atom stereocenters. The van der Waals surface area contributed by atoms with E-state index in [4.69, 9.17) is 0 Å². The molecule has 2 heteroatoms. The summed E-state index contributed by atoms with van der Waals surface area (Å²) in [5.74, 6) is 0. The number of hydrogen-bond donors (Lipinski definition) is 0. The maximum absolute atomic E-state index is 2.46. The number of para-hydroxylation sites is 4. The standard InChI is InChI=1S/C51H45N2/c1-50(2)43-26-13-15-28-45(43)52(39-20-7-5-8-21-39)47(50)34-32-37-30-31-38(49(37)42-25-17-19-36-18-11-12-24-41(36)42)33-35-48-51(3,4)44-27-14-16-29-46(44)53(48)40-22-9-6-10-23-40/h5-29,32-35H,30-31H2,1-4H3/q+1. The highest BCUT2D eigenvalue weighted by atomic mass is 15.2. The highest BCUT2D eigenvalue weighted by Crippen LogP contribution is 2.51. The summed E-state index contributed by atoms with van der Waals surface area (Å²) in [4.78, 5) is 2.46. The molecule has 0 fully saturated rings. The number of rotatable bonds is 6. The third-order valence-electron chi connectivity index (χ3n) is 11.7. The van der Waals surface area contributed by atoms with Crippen LogP contribution in [-0.4, -0.2) is 5.71 Å². The summed E-state index contributed by atoms with van der Waals surface area (Å²) in [6, 6.07) is 55.0. The predicted molar refractivity (Wildman–Crippen MR) is 226 cm³/mol. The Bertz CT molecular complexity index is 2540. The number of anilines is 2. The fraction of sp³-hybridized carbons (Fsp3) is 0.157. The minimum Gasteiger partial charge on any atom is -0.313 e. The normalized spacial score (nSPS) is 18.9. The van der Waals surface area contributed by atoms with Crippen molar-refractivity contribution in [3.05, 3.63) is 209 Å². The number of nitrogens with zero attached hydrogens (tertiary/aromatic N) is 2. The molecule has 6 aromatic rings. The number of fused-ring (bicyclic) bond motifs is 3. The Morgan fingerprint density at radius 3 is 2.04 bits per heavy atom. The van der Waals surface area contributed by atoms with E-state index in [0.29, 0.717) is 0 Å². The van der Waals surface area contributed by atoms with Gasteiger partial charge in [0.25, 0.3) is 0 Å². The van der Waals surface area contributed by atoms with E-state index in [0.717, 1.165) is 12.8 Å². The summed E-state index contributed by atoms with van der Waals surface area (Å²) >= 11 is 0. The molecule has 0 N–H and O–H groups in total. The molecule has 9 rings (SSSR count). The summed E-state index contributed by atoms with van der Waals surface area (Å²) < 4.78 is 2.46. The SMILES string of the molecule is CC1(C)C(/C=C/C2=C(c3cccc4ccccc34)C(=C/C=C3/N(c4ccccc4)c4ccccc4C3(C)C)/CC2)=[N+](c2ccccc2)c2ccccc21. The van der Waals surface area contributed by atoms with E-state index in [1.165, 1.54) is 78.3 Å². The third-order valence-corrected chi connectivity index (χ3v) is 11.7. The van der Waals surface area contributed by atoms with Crippen molar-refractivity contribution in [1.82, 2.24) is 4.58 Å². The van der Waals surface area contributed by atoms with Crippen molar-refractivity contribution in [2.75, 3.05) is 4.90 Å². The second-order valence-corrected chi connectivity index (χ2v) is 15.5. The van der Waals surface area contributed by atoms with E-state index in [2.05, 4.69) is 213 Å². The topological polar surface area (TPSA) is 6.25 Å².